The Labute approximate surface area is 90.9 Å². The Morgan fingerprint density at radius 3 is 1.00 bits per heavy atom. The molecular weight excluding hydrogens is 196 g/mol. The maximum atomic E-state index is 5.24. The minimum Gasteiger partial charge on any atom is -0.318 e. The van der Waals surface area contributed by atoms with Crippen LogP contribution in [0.2, 0.25) is 0 Å². The quantitative estimate of drug-likeness (QED) is 0.124. The number of hydrogen-bond acceptors (Lipinski definition) is 8. The summed E-state index contributed by atoms with van der Waals surface area (Å²) >= 11 is 0. The van der Waals surface area contributed by atoms with Gasteiger partial charge in [-0.2, -0.15) is 0 Å². The zero-order chi connectivity index (χ0) is 11.2. The third kappa shape index (κ3) is 13.7. The van der Waals surface area contributed by atoms with Crippen molar-refractivity contribution in [2.24, 2.45) is 11.5 Å². The van der Waals surface area contributed by atoms with Gasteiger partial charge in [0.1, 0.15) is 0 Å². The molecule has 0 saturated carbocycles. The van der Waals surface area contributed by atoms with Crippen LogP contribution in [-0.4, -0.2) is 46.7 Å². The number of nitrogens with two attached hydrogens (primary N) is 2. The van der Waals surface area contributed by atoms with E-state index in [1.54, 1.807) is 0 Å². The summed E-state index contributed by atoms with van der Waals surface area (Å²) in [6.07, 6.45) is 0. The monoisotopic (exact) mass is 220 g/mol. The Hall–Kier alpha value is -0.320. The number of hydrogen-bond donors (Lipinski definition) is 8. The van der Waals surface area contributed by atoms with E-state index in [0.29, 0.717) is 26.7 Å². The van der Waals surface area contributed by atoms with Gasteiger partial charge in [0.2, 0.25) is 0 Å². The molecule has 8 nitrogen and oxygen atoms in total. The van der Waals surface area contributed by atoms with Crippen LogP contribution < -0.4 is 43.4 Å². The highest BCUT2D eigenvalue weighted by Gasteiger charge is 1.86. The van der Waals surface area contributed by atoms with Gasteiger partial charge < -0.3 is 11.5 Å². The van der Waals surface area contributed by atoms with Crippen LogP contribution in [0, 0.1) is 0 Å². The van der Waals surface area contributed by atoms with Crippen LogP contribution in [-0.2, 0) is 0 Å². The summed E-state index contributed by atoms with van der Waals surface area (Å²) in [5.41, 5.74) is 10.5. The predicted molar refractivity (Wildman–Crippen MR) is 61.3 cm³/mol. The van der Waals surface area contributed by atoms with E-state index in [2.05, 4.69) is 31.9 Å². The Morgan fingerprint density at radius 1 is 0.467 bits per heavy atom. The van der Waals surface area contributed by atoms with Crippen LogP contribution in [0.4, 0.5) is 0 Å². The molecule has 0 aromatic carbocycles. The normalized spacial score (nSPS) is 10.8. The van der Waals surface area contributed by atoms with E-state index in [1.165, 1.54) is 0 Å². The van der Waals surface area contributed by atoms with Crippen molar-refractivity contribution in [3.63, 3.8) is 0 Å². The molecule has 0 saturated heterocycles. The molecule has 0 aromatic heterocycles. The molecule has 0 heterocycles. The van der Waals surface area contributed by atoms with Gasteiger partial charge in [-0.05, 0) is 0 Å². The van der Waals surface area contributed by atoms with Gasteiger partial charge in [0, 0.05) is 46.7 Å². The van der Waals surface area contributed by atoms with E-state index >= 15 is 0 Å². The Bertz CT molecular complexity index is 99.2. The summed E-state index contributed by atoms with van der Waals surface area (Å²) in [7, 11) is 0. The standard InChI is InChI=1S/C7H24N8/c8-1-10-3-12-5-14-7-15-6-13-4-11-2-9/h10-15H,1-9H2. The summed E-state index contributed by atoms with van der Waals surface area (Å²) in [4.78, 5) is 0. The molecule has 0 amide bonds. The minimum atomic E-state index is 0.489. The zero-order valence-corrected chi connectivity index (χ0v) is 9.10. The highest BCUT2D eigenvalue weighted by molar-refractivity contribution is 4.46. The molecule has 0 aliphatic rings. The lowest BCUT2D eigenvalue weighted by Crippen LogP contribution is -2.44. The van der Waals surface area contributed by atoms with Gasteiger partial charge in [0.15, 0.2) is 0 Å². The van der Waals surface area contributed by atoms with Crippen molar-refractivity contribution in [1.82, 2.24) is 31.9 Å². The second-order valence-electron chi connectivity index (χ2n) is 2.79. The maximum absolute atomic E-state index is 5.24. The summed E-state index contributed by atoms with van der Waals surface area (Å²) in [6, 6.07) is 0. The fourth-order valence-electron chi connectivity index (χ4n) is 0.836. The van der Waals surface area contributed by atoms with Crippen molar-refractivity contribution in [3.05, 3.63) is 0 Å². The first-order valence-corrected chi connectivity index (χ1v) is 5.06. The SMILES string of the molecule is NCNCNCNCNCNCNCN. The summed E-state index contributed by atoms with van der Waals surface area (Å²) in [5, 5.41) is 18.4. The van der Waals surface area contributed by atoms with Crippen molar-refractivity contribution in [3.8, 4) is 0 Å². The van der Waals surface area contributed by atoms with Gasteiger partial charge in [-0.25, -0.2) is 0 Å². The van der Waals surface area contributed by atoms with Crippen molar-refractivity contribution in [2.75, 3.05) is 46.7 Å². The fourth-order valence-corrected chi connectivity index (χ4v) is 0.836. The van der Waals surface area contributed by atoms with Gasteiger partial charge in [-0.3, -0.25) is 31.9 Å². The molecule has 92 valence electrons. The molecule has 0 fully saturated rings. The second kappa shape index (κ2) is 13.7. The van der Waals surface area contributed by atoms with Gasteiger partial charge in [0.05, 0.1) is 0 Å². The molecular formula is C7H24N8. The minimum absolute atomic E-state index is 0.489. The van der Waals surface area contributed by atoms with Crippen LogP contribution in [0.3, 0.4) is 0 Å². The average Bonchev–Trinajstić information content (AvgIpc) is 2.26. The molecule has 10 N–H and O–H groups in total. The van der Waals surface area contributed by atoms with Gasteiger partial charge in [-0.1, -0.05) is 0 Å². The molecule has 0 unspecified atom stereocenters. The summed E-state index contributed by atoms with van der Waals surface area (Å²) in [6.45, 7) is 4.62. The lowest BCUT2D eigenvalue weighted by Gasteiger charge is -2.09. The first-order chi connectivity index (χ1) is 7.41. The van der Waals surface area contributed by atoms with E-state index in [4.69, 9.17) is 11.5 Å². The second-order valence-corrected chi connectivity index (χ2v) is 2.79. The average molecular weight is 220 g/mol. The molecule has 0 aromatic rings. The third-order valence-corrected chi connectivity index (χ3v) is 1.54. The van der Waals surface area contributed by atoms with Gasteiger partial charge >= 0.3 is 0 Å². The Kier molecular flexibility index (Phi) is 13.4. The van der Waals surface area contributed by atoms with Crippen LogP contribution >= 0.6 is 0 Å². The molecule has 0 rings (SSSR count). The van der Waals surface area contributed by atoms with Crippen LogP contribution in [0.5, 0.6) is 0 Å². The molecule has 0 aliphatic carbocycles. The van der Waals surface area contributed by atoms with Crippen LogP contribution in [0.25, 0.3) is 0 Å². The topological polar surface area (TPSA) is 124 Å². The van der Waals surface area contributed by atoms with E-state index in [0.717, 1.165) is 20.0 Å². The van der Waals surface area contributed by atoms with Crippen molar-refractivity contribution < 1.29 is 0 Å². The zero-order valence-electron chi connectivity index (χ0n) is 9.10. The Balaban J connectivity index is 2.81. The Morgan fingerprint density at radius 2 is 0.733 bits per heavy atom. The largest absolute Gasteiger partial charge is 0.318 e. The number of nitrogens with one attached hydrogen (secondary N) is 6. The first kappa shape index (κ1) is 14.7. The van der Waals surface area contributed by atoms with Crippen LogP contribution in [0.15, 0.2) is 0 Å². The van der Waals surface area contributed by atoms with Crippen LogP contribution in [0.1, 0.15) is 0 Å². The lowest BCUT2D eigenvalue weighted by atomic mass is 10.8. The molecule has 0 atom stereocenters. The molecule has 0 aliphatic heterocycles. The van der Waals surface area contributed by atoms with E-state index < -0.39 is 0 Å². The number of rotatable bonds is 12. The first-order valence-electron chi connectivity index (χ1n) is 5.06. The van der Waals surface area contributed by atoms with Crippen molar-refractivity contribution in [1.29, 1.82) is 0 Å². The van der Waals surface area contributed by atoms with Crippen molar-refractivity contribution in [2.45, 2.75) is 0 Å². The highest BCUT2D eigenvalue weighted by atomic mass is 15.2. The molecule has 15 heavy (non-hydrogen) atoms. The predicted octanol–water partition coefficient (Wildman–Crippen LogP) is -3.86. The van der Waals surface area contributed by atoms with Crippen molar-refractivity contribution >= 4 is 0 Å². The maximum Gasteiger partial charge on any atom is 0.0474 e. The molecule has 0 radical (unpaired) electrons. The van der Waals surface area contributed by atoms with E-state index in [1.807, 2.05) is 0 Å². The summed E-state index contributed by atoms with van der Waals surface area (Å²) < 4.78 is 0. The van der Waals surface area contributed by atoms with Gasteiger partial charge in [0.25, 0.3) is 0 Å². The molecule has 0 bridgehead atoms. The summed E-state index contributed by atoms with van der Waals surface area (Å²) in [5.74, 6) is 0. The highest BCUT2D eigenvalue weighted by Crippen LogP contribution is 1.53. The lowest BCUT2D eigenvalue weighted by molar-refractivity contribution is 0.482. The fraction of sp³-hybridized carbons (Fsp3) is 1.00. The molecule has 0 spiro atoms. The smallest absolute Gasteiger partial charge is 0.0474 e. The third-order valence-electron chi connectivity index (χ3n) is 1.54. The van der Waals surface area contributed by atoms with Gasteiger partial charge in [-0.15, -0.1) is 0 Å². The molecule has 8 heteroatoms. The van der Waals surface area contributed by atoms with E-state index in [9.17, 15) is 0 Å². The van der Waals surface area contributed by atoms with E-state index in [-0.39, 0.29) is 0 Å².